The van der Waals surface area contributed by atoms with E-state index in [0.717, 1.165) is 12.1 Å². The molecule has 0 heterocycles. The monoisotopic (exact) mass is 294 g/mol. The topological polar surface area (TPSA) is 72.2 Å². The van der Waals surface area contributed by atoms with Crippen LogP contribution in [0.5, 0.6) is 0 Å². The second kappa shape index (κ2) is 7.33. The van der Waals surface area contributed by atoms with Gasteiger partial charge in [-0.25, -0.2) is 8.78 Å². The molecule has 4 nitrogen and oxygen atoms in total. The molecular formula is C15H16F2N2O2. The molecule has 3 N–H and O–H groups in total. The van der Waals surface area contributed by atoms with Gasteiger partial charge >= 0.3 is 0 Å². The molecule has 6 heteroatoms. The van der Waals surface area contributed by atoms with Crippen LogP contribution in [-0.4, -0.2) is 11.7 Å². The lowest BCUT2D eigenvalue weighted by Crippen LogP contribution is -2.28. The molecule has 1 aromatic rings. The molecule has 1 aromatic carbocycles. The van der Waals surface area contributed by atoms with Crippen molar-refractivity contribution >= 4 is 11.7 Å². The fourth-order valence-corrected chi connectivity index (χ4v) is 1.49. The van der Waals surface area contributed by atoms with Crippen molar-refractivity contribution in [2.75, 3.05) is 0 Å². The number of nitrogens with one attached hydrogen (secondary N) is 1. The Morgan fingerprint density at radius 2 is 2.00 bits per heavy atom. The molecule has 0 aliphatic rings. The SMILES string of the molecule is C=C(/C=C(\N)C(=O)NCc1ccc(F)c(F)c1)C(=O)CC. The fraction of sp³-hybridized carbons (Fsp3) is 0.200. The summed E-state index contributed by atoms with van der Waals surface area (Å²) in [4.78, 5) is 23.0. The number of hydrogen-bond donors (Lipinski definition) is 2. The van der Waals surface area contributed by atoms with Crippen LogP contribution < -0.4 is 11.1 Å². The molecule has 0 saturated heterocycles. The van der Waals surface area contributed by atoms with Gasteiger partial charge in [-0.05, 0) is 23.8 Å². The number of halogens is 2. The number of Topliss-reactive ketones (excluding diaryl/α,β-unsaturated/α-hetero) is 1. The predicted molar refractivity (Wildman–Crippen MR) is 74.9 cm³/mol. The minimum Gasteiger partial charge on any atom is -0.394 e. The van der Waals surface area contributed by atoms with Gasteiger partial charge in [0.15, 0.2) is 17.4 Å². The summed E-state index contributed by atoms with van der Waals surface area (Å²) < 4.78 is 25.7. The zero-order chi connectivity index (χ0) is 16.0. The van der Waals surface area contributed by atoms with Crippen LogP contribution in [0.3, 0.4) is 0 Å². The molecule has 0 aliphatic heterocycles. The van der Waals surface area contributed by atoms with Gasteiger partial charge in [0.05, 0.1) is 5.70 Å². The van der Waals surface area contributed by atoms with Gasteiger partial charge in [0, 0.05) is 18.5 Å². The Hall–Kier alpha value is -2.50. The number of nitrogens with two attached hydrogens (primary N) is 1. The maximum Gasteiger partial charge on any atom is 0.267 e. The Kier molecular flexibility index (Phi) is 5.78. The molecule has 1 rings (SSSR count). The number of amides is 1. The summed E-state index contributed by atoms with van der Waals surface area (Å²) in [6.45, 7) is 5.16. The maximum absolute atomic E-state index is 13.0. The molecule has 0 atom stereocenters. The van der Waals surface area contributed by atoms with E-state index >= 15 is 0 Å². The maximum atomic E-state index is 13.0. The van der Waals surface area contributed by atoms with Crippen molar-refractivity contribution < 1.29 is 18.4 Å². The number of benzene rings is 1. The Morgan fingerprint density at radius 3 is 2.57 bits per heavy atom. The summed E-state index contributed by atoms with van der Waals surface area (Å²) in [6, 6.07) is 3.30. The number of hydrogen-bond acceptors (Lipinski definition) is 3. The molecule has 21 heavy (non-hydrogen) atoms. The molecule has 0 radical (unpaired) electrons. The van der Waals surface area contributed by atoms with Crippen molar-refractivity contribution in [2.45, 2.75) is 19.9 Å². The third kappa shape index (κ3) is 4.83. The normalized spacial score (nSPS) is 11.1. The van der Waals surface area contributed by atoms with Crippen molar-refractivity contribution in [3.8, 4) is 0 Å². The van der Waals surface area contributed by atoms with E-state index in [4.69, 9.17) is 5.73 Å². The Bertz CT molecular complexity index is 610. The lowest BCUT2D eigenvalue weighted by atomic mass is 10.1. The highest BCUT2D eigenvalue weighted by molar-refractivity contribution is 6.00. The molecular weight excluding hydrogens is 278 g/mol. The van der Waals surface area contributed by atoms with Gasteiger partial charge in [-0.15, -0.1) is 0 Å². The molecule has 0 aliphatic carbocycles. The van der Waals surface area contributed by atoms with Gasteiger partial charge in [-0.1, -0.05) is 19.6 Å². The van der Waals surface area contributed by atoms with E-state index in [1.807, 2.05) is 0 Å². The second-order valence-corrected chi connectivity index (χ2v) is 4.33. The Morgan fingerprint density at radius 1 is 1.33 bits per heavy atom. The number of carbonyl (C=O) groups excluding carboxylic acids is 2. The molecule has 0 saturated carbocycles. The van der Waals surface area contributed by atoms with Crippen molar-refractivity contribution in [1.82, 2.24) is 5.32 Å². The first kappa shape index (κ1) is 16.6. The van der Waals surface area contributed by atoms with Gasteiger partial charge in [0.1, 0.15) is 0 Å². The fourth-order valence-electron chi connectivity index (χ4n) is 1.49. The first-order chi connectivity index (χ1) is 9.85. The minimum absolute atomic E-state index is 0.0151. The third-order valence-corrected chi connectivity index (χ3v) is 2.71. The zero-order valence-corrected chi connectivity index (χ0v) is 11.6. The number of allylic oxidation sites excluding steroid dienone is 2. The number of carbonyl (C=O) groups is 2. The van der Waals surface area contributed by atoms with E-state index < -0.39 is 17.5 Å². The van der Waals surface area contributed by atoms with E-state index in [1.54, 1.807) is 6.92 Å². The van der Waals surface area contributed by atoms with E-state index in [0.29, 0.717) is 5.56 Å². The molecule has 1 amide bonds. The average Bonchev–Trinajstić information content (AvgIpc) is 2.46. The lowest BCUT2D eigenvalue weighted by molar-refractivity contribution is -0.117. The first-order valence-electron chi connectivity index (χ1n) is 6.26. The predicted octanol–water partition coefficient (Wildman–Crippen LogP) is 1.96. The van der Waals surface area contributed by atoms with Crippen LogP contribution in [-0.2, 0) is 16.1 Å². The highest BCUT2D eigenvalue weighted by atomic mass is 19.2. The summed E-state index contributed by atoms with van der Waals surface area (Å²) in [5, 5.41) is 2.43. The summed E-state index contributed by atoms with van der Waals surface area (Å²) in [6.07, 6.45) is 1.45. The lowest BCUT2D eigenvalue weighted by Gasteiger charge is -2.06. The van der Waals surface area contributed by atoms with Crippen LogP contribution in [0.4, 0.5) is 8.78 Å². The van der Waals surface area contributed by atoms with E-state index in [9.17, 15) is 18.4 Å². The van der Waals surface area contributed by atoms with Gasteiger partial charge in [0.2, 0.25) is 0 Å². The summed E-state index contributed by atoms with van der Waals surface area (Å²) >= 11 is 0. The second-order valence-electron chi connectivity index (χ2n) is 4.33. The molecule has 0 fully saturated rings. The van der Waals surface area contributed by atoms with Crippen LogP contribution >= 0.6 is 0 Å². The van der Waals surface area contributed by atoms with E-state index in [2.05, 4.69) is 11.9 Å². The van der Waals surface area contributed by atoms with Gasteiger partial charge in [-0.2, -0.15) is 0 Å². The first-order valence-corrected chi connectivity index (χ1v) is 6.26. The molecule has 0 bridgehead atoms. The van der Waals surface area contributed by atoms with Crippen LogP contribution in [0.1, 0.15) is 18.9 Å². The number of rotatable bonds is 6. The molecule has 0 unspecified atom stereocenters. The minimum atomic E-state index is -0.993. The van der Waals surface area contributed by atoms with Crippen molar-refractivity contribution in [3.05, 3.63) is 59.3 Å². The van der Waals surface area contributed by atoms with Crippen LogP contribution in [0.2, 0.25) is 0 Å². The average molecular weight is 294 g/mol. The largest absolute Gasteiger partial charge is 0.394 e. The molecule has 112 valence electrons. The smallest absolute Gasteiger partial charge is 0.267 e. The Labute approximate surface area is 121 Å². The van der Waals surface area contributed by atoms with Crippen molar-refractivity contribution in [1.29, 1.82) is 0 Å². The Balaban J connectivity index is 2.64. The van der Waals surface area contributed by atoms with Gasteiger partial charge in [0.25, 0.3) is 5.91 Å². The standard InChI is InChI=1S/C15H16F2N2O2/c1-3-14(20)9(2)6-13(18)15(21)19-8-10-4-5-11(16)12(17)7-10/h4-7H,2-3,8,18H2,1H3,(H,19,21)/b13-6-. The highest BCUT2D eigenvalue weighted by Crippen LogP contribution is 2.08. The van der Waals surface area contributed by atoms with Crippen LogP contribution in [0, 0.1) is 11.6 Å². The summed E-state index contributed by atoms with van der Waals surface area (Å²) in [5.41, 5.74) is 5.88. The molecule has 0 aromatic heterocycles. The summed E-state index contributed by atoms with van der Waals surface area (Å²) in [5.74, 6) is -2.79. The van der Waals surface area contributed by atoms with Crippen molar-refractivity contribution in [2.24, 2.45) is 5.73 Å². The summed E-state index contributed by atoms with van der Waals surface area (Å²) in [7, 11) is 0. The number of ketones is 1. The van der Waals surface area contributed by atoms with Crippen LogP contribution in [0.25, 0.3) is 0 Å². The third-order valence-electron chi connectivity index (χ3n) is 2.71. The zero-order valence-electron chi connectivity index (χ0n) is 11.6. The quantitative estimate of drug-likeness (QED) is 0.622. The van der Waals surface area contributed by atoms with Crippen LogP contribution in [0.15, 0.2) is 42.1 Å². The van der Waals surface area contributed by atoms with Gasteiger partial charge in [-0.3, -0.25) is 9.59 Å². The van der Waals surface area contributed by atoms with E-state index in [-0.39, 0.29) is 30.0 Å². The van der Waals surface area contributed by atoms with E-state index in [1.165, 1.54) is 12.1 Å². The van der Waals surface area contributed by atoms with Crippen molar-refractivity contribution in [3.63, 3.8) is 0 Å². The van der Waals surface area contributed by atoms with Gasteiger partial charge < -0.3 is 11.1 Å². The highest BCUT2D eigenvalue weighted by Gasteiger charge is 2.09. The molecule has 0 spiro atoms.